The van der Waals surface area contributed by atoms with Gasteiger partial charge in [-0.15, -0.1) is 0 Å². The van der Waals surface area contributed by atoms with Crippen molar-refractivity contribution in [3.05, 3.63) is 132 Å². The Morgan fingerprint density at radius 3 is 2.17 bits per heavy atom. The number of benzene rings is 4. The van der Waals surface area contributed by atoms with Crippen LogP contribution in [0.15, 0.2) is 110 Å². The highest BCUT2D eigenvalue weighted by Crippen LogP contribution is 2.41. The van der Waals surface area contributed by atoms with Gasteiger partial charge in [0.25, 0.3) is 0 Å². The fourth-order valence-electron chi connectivity index (χ4n) is 6.90. The summed E-state index contributed by atoms with van der Waals surface area (Å²) in [6.07, 6.45) is 6.04. The van der Waals surface area contributed by atoms with Crippen LogP contribution >= 0.6 is 0 Å². The van der Waals surface area contributed by atoms with E-state index in [4.69, 9.17) is 14.8 Å². The van der Waals surface area contributed by atoms with Crippen LogP contribution in [-0.2, 0) is 0 Å². The first kappa shape index (κ1) is 30.5. The lowest BCUT2D eigenvalue weighted by Crippen LogP contribution is -2.05. The average Bonchev–Trinajstić information content (AvgIpc) is 3.67. The summed E-state index contributed by atoms with van der Waals surface area (Å²) in [5.74, 6) is 3.67. The fourth-order valence-corrected chi connectivity index (χ4v) is 6.90. The summed E-state index contributed by atoms with van der Waals surface area (Å²) in [4.78, 5) is 4.72. The second kappa shape index (κ2) is 12.2. The average molecular weight is 619 g/mol. The molecule has 0 aliphatic heterocycles. The largest absolute Gasteiger partial charge is 0.457 e. The number of hydrogen-bond acceptors (Lipinski definition) is 3. The van der Waals surface area contributed by atoms with Crippen LogP contribution in [-0.4, -0.2) is 19.3 Å². The van der Waals surface area contributed by atoms with Crippen molar-refractivity contribution in [1.29, 1.82) is 0 Å². The third kappa shape index (κ3) is 5.61. The number of para-hydroxylation sites is 1. The van der Waals surface area contributed by atoms with Gasteiger partial charge in [-0.25, -0.2) is 9.67 Å². The molecule has 0 aliphatic rings. The van der Waals surface area contributed by atoms with E-state index in [2.05, 4.69) is 126 Å². The molecule has 4 aromatic carbocycles. The Morgan fingerprint density at radius 2 is 1.40 bits per heavy atom. The van der Waals surface area contributed by atoms with Crippen LogP contribution < -0.4 is 4.74 Å². The summed E-state index contributed by atoms with van der Waals surface area (Å²) in [7, 11) is 0. The molecule has 3 heterocycles. The van der Waals surface area contributed by atoms with Gasteiger partial charge in [0.15, 0.2) is 0 Å². The van der Waals surface area contributed by atoms with Gasteiger partial charge in [0, 0.05) is 40.9 Å². The van der Waals surface area contributed by atoms with Crippen molar-refractivity contribution in [1.82, 2.24) is 19.3 Å². The minimum atomic E-state index is 0.402. The van der Waals surface area contributed by atoms with E-state index in [1.165, 1.54) is 33.2 Å². The molecule has 0 N–H and O–H groups in total. The third-order valence-electron chi connectivity index (χ3n) is 9.10. The zero-order valence-corrected chi connectivity index (χ0v) is 28.3. The van der Waals surface area contributed by atoms with Crippen LogP contribution in [0.2, 0.25) is 0 Å². The van der Waals surface area contributed by atoms with Crippen molar-refractivity contribution in [3.63, 3.8) is 0 Å². The maximum absolute atomic E-state index is 6.52. The molecule has 47 heavy (non-hydrogen) atoms. The van der Waals surface area contributed by atoms with Crippen LogP contribution in [0.1, 0.15) is 81.5 Å². The van der Waals surface area contributed by atoms with Crippen molar-refractivity contribution in [3.8, 4) is 34.1 Å². The lowest BCUT2D eigenvalue weighted by molar-refractivity contribution is 0.483. The summed E-state index contributed by atoms with van der Waals surface area (Å²) < 4.78 is 10.7. The molecule has 0 saturated carbocycles. The lowest BCUT2D eigenvalue weighted by atomic mass is 9.80. The van der Waals surface area contributed by atoms with E-state index in [1.807, 2.05) is 41.3 Å². The SMILES string of the molecule is Cc1ccnc(-n2c3ccccc3c3ccc(Oc4cccc(-n5cc(-c6c(C(C)C)ccc(C(C)C)c6C(C)C)cn5)c4)cc32)c1. The standard InChI is InChI=1S/C42H42N4O/c1-26(2)34-17-18-35(27(3)4)42(41(34)28(5)6)30-24-44-45(25-30)31-11-10-12-32(22-31)47-33-15-16-37-36-13-8-9-14-38(36)46(39(37)23-33)40-21-29(7)19-20-43-40/h8-28H,1-7H3. The normalized spacial score (nSPS) is 11.9. The minimum absolute atomic E-state index is 0.402. The van der Waals surface area contributed by atoms with E-state index in [0.29, 0.717) is 17.8 Å². The number of rotatable bonds is 8. The van der Waals surface area contributed by atoms with Crippen LogP contribution in [0.25, 0.3) is 44.4 Å². The van der Waals surface area contributed by atoms with Gasteiger partial charge in [-0.1, -0.05) is 77.9 Å². The van der Waals surface area contributed by atoms with Crippen LogP contribution in [0, 0.1) is 6.92 Å². The van der Waals surface area contributed by atoms with Crippen molar-refractivity contribution in [2.24, 2.45) is 0 Å². The van der Waals surface area contributed by atoms with Gasteiger partial charge < -0.3 is 4.74 Å². The molecule has 0 atom stereocenters. The first-order valence-electron chi connectivity index (χ1n) is 16.7. The summed E-state index contributed by atoms with van der Waals surface area (Å²) in [6.45, 7) is 15.8. The van der Waals surface area contributed by atoms with Gasteiger partial charge in [-0.05, 0) is 95.0 Å². The third-order valence-corrected chi connectivity index (χ3v) is 9.10. The maximum Gasteiger partial charge on any atom is 0.137 e. The van der Waals surface area contributed by atoms with Gasteiger partial charge in [-0.3, -0.25) is 4.57 Å². The predicted molar refractivity (Wildman–Crippen MR) is 195 cm³/mol. The Morgan fingerprint density at radius 1 is 0.660 bits per heavy atom. The number of fused-ring (bicyclic) bond motifs is 3. The Labute approximate surface area is 277 Å². The number of hydrogen-bond donors (Lipinski definition) is 0. The molecular formula is C42H42N4O. The van der Waals surface area contributed by atoms with Gasteiger partial charge >= 0.3 is 0 Å². The summed E-state index contributed by atoms with van der Waals surface area (Å²) in [5, 5.41) is 7.21. The monoisotopic (exact) mass is 618 g/mol. The molecular weight excluding hydrogens is 576 g/mol. The Balaban J connectivity index is 1.26. The smallest absolute Gasteiger partial charge is 0.137 e. The predicted octanol–water partition coefficient (Wildman–Crippen LogP) is 11.5. The van der Waals surface area contributed by atoms with E-state index in [1.54, 1.807) is 0 Å². The molecule has 5 heteroatoms. The summed E-state index contributed by atoms with van der Waals surface area (Å²) in [5.41, 5.74) is 11.0. The highest BCUT2D eigenvalue weighted by atomic mass is 16.5. The van der Waals surface area contributed by atoms with Crippen LogP contribution in [0.4, 0.5) is 0 Å². The zero-order valence-electron chi connectivity index (χ0n) is 28.3. The first-order valence-corrected chi connectivity index (χ1v) is 16.7. The number of aryl methyl sites for hydroxylation is 1. The molecule has 0 fully saturated rings. The number of nitrogens with zero attached hydrogens (tertiary/aromatic N) is 4. The number of ether oxygens (including phenoxy) is 1. The van der Waals surface area contributed by atoms with E-state index in [-0.39, 0.29) is 0 Å². The molecule has 0 unspecified atom stereocenters. The zero-order chi connectivity index (χ0) is 32.8. The summed E-state index contributed by atoms with van der Waals surface area (Å²) in [6, 6.07) is 31.7. The van der Waals surface area contributed by atoms with E-state index in [9.17, 15) is 0 Å². The molecule has 0 radical (unpaired) electrons. The van der Waals surface area contributed by atoms with Crippen molar-refractivity contribution in [2.75, 3.05) is 0 Å². The molecule has 3 aromatic heterocycles. The van der Waals surface area contributed by atoms with Crippen molar-refractivity contribution >= 4 is 21.8 Å². The topological polar surface area (TPSA) is 44.9 Å². The highest BCUT2D eigenvalue weighted by molar-refractivity contribution is 6.09. The minimum Gasteiger partial charge on any atom is -0.457 e. The van der Waals surface area contributed by atoms with E-state index in [0.717, 1.165) is 45.0 Å². The fraction of sp³-hybridized carbons (Fsp3) is 0.238. The Kier molecular flexibility index (Phi) is 7.93. The molecule has 0 saturated heterocycles. The maximum atomic E-state index is 6.52. The second-order valence-corrected chi connectivity index (χ2v) is 13.5. The Hall–Kier alpha value is -5.16. The molecule has 7 rings (SSSR count). The molecule has 236 valence electrons. The van der Waals surface area contributed by atoms with Gasteiger partial charge in [0.05, 0.1) is 22.9 Å². The van der Waals surface area contributed by atoms with Crippen LogP contribution in [0.5, 0.6) is 11.5 Å². The number of pyridine rings is 1. The van der Waals surface area contributed by atoms with Gasteiger partial charge in [0.1, 0.15) is 17.3 Å². The lowest BCUT2D eigenvalue weighted by Gasteiger charge is -2.24. The van der Waals surface area contributed by atoms with Gasteiger partial charge in [0.2, 0.25) is 0 Å². The van der Waals surface area contributed by atoms with Crippen molar-refractivity contribution in [2.45, 2.75) is 66.2 Å². The molecule has 0 bridgehead atoms. The molecule has 0 amide bonds. The summed E-state index contributed by atoms with van der Waals surface area (Å²) >= 11 is 0. The van der Waals surface area contributed by atoms with Crippen molar-refractivity contribution < 1.29 is 4.74 Å². The van der Waals surface area contributed by atoms with Crippen LogP contribution in [0.3, 0.4) is 0 Å². The molecule has 0 spiro atoms. The van der Waals surface area contributed by atoms with E-state index < -0.39 is 0 Å². The van der Waals surface area contributed by atoms with Gasteiger partial charge in [-0.2, -0.15) is 5.10 Å². The number of aromatic nitrogens is 4. The first-order chi connectivity index (χ1) is 22.7. The Bertz CT molecular complexity index is 2230. The quantitative estimate of drug-likeness (QED) is 0.170. The highest BCUT2D eigenvalue weighted by Gasteiger charge is 2.22. The second-order valence-electron chi connectivity index (χ2n) is 13.5. The molecule has 0 aliphatic carbocycles. The molecule has 5 nitrogen and oxygen atoms in total. The molecule has 7 aromatic rings. The van der Waals surface area contributed by atoms with E-state index >= 15 is 0 Å².